The van der Waals surface area contributed by atoms with E-state index < -0.39 is 11.9 Å². The van der Waals surface area contributed by atoms with E-state index in [0.717, 1.165) is 12.8 Å². The molecule has 0 aliphatic carbocycles. The molecule has 1 fully saturated rings. The van der Waals surface area contributed by atoms with Gasteiger partial charge in [-0.05, 0) is 38.8 Å². The number of likely N-dealkylation sites (tertiary alicyclic amines) is 1. The van der Waals surface area contributed by atoms with Crippen molar-refractivity contribution >= 4 is 23.3 Å². The van der Waals surface area contributed by atoms with E-state index in [9.17, 15) is 9.59 Å². The maximum atomic E-state index is 12.2. The third kappa shape index (κ3) is 4.46. The monoisotopic (exact) mass is 310 g/mol. The average molecular weight is 310 g/mol. The van der Waals surface area contributed by atoms with Crippen LogP contribution in [0.15, 0.2) is 12.1 Å². The predicted molar refractivity (Wildman–Crippen MR) is 82.7 cm³/mol. The van der Waals surface area contributed by atoms with Crippen LogP contribution in [0.25, 0.3) is 0 Å². The van der Waals surface area contributed by atoms with Crippen LogP contribution in [0.1, 0.15) is 29.5 Å². The number of nitrogens with zero attached hydrogens (tertiary/aromatic N) is 1. The van der Waals surface area contributed by atoms with Crippen molar-refractivity contribution in [1.29, 1.82) is 0 Å². The third-order valence-electron chi connectivity index (χ3n) is 3.73. The lowest BCUT2D eigenvalue weighted by Gasteiger charge is -2.31. The molecule has 0 radical (unpaired) electrons. The maximum absolute atomic E-state index is 12.2. The summed E-state index contributed by atoms with van der Waals surface area (Å²) in [6.45, 7) is 5.00. The molecule has 2 amide bonds. The number of carbonyl (C=O) groups excluding carboxylic acids is 1. The van der Waals surface area contributed by atoms with Crippen LogP contribution in [0, 0.1) is 12.8 Å². The largest absolute Gasteiger partial charge is 0.481 e. The average Bonchev–Trinajstić information content (AvgIpc) is 2.83. The van der Waals surface area contributed by atoms with Crippen LogP contribution in [0.5, 0.6) is 0 Å². The van der Waals surface area contributed by atoms with Gasteiger partial charge in [0.1, 0.15) is 0 Å². The lowest BCUT2D eigenvalue weighted by atomic mass is 9.99. The smallest absolute Gasteiger partial charge is 0.317 e. The summed E-state index contributed by atoms with van der Waals surface area (Å²) in [5.41, 5.74) is 0. The molecule has 2 atom stereocenters. The number of amides is 2. The first-order valence-corrected chi connectivity index (χ1v) is 8.11. The lowest BCUT2D eigenvalue weighted by molar-refractivity contribution is -0.143. The molecule has 1 aliphatic heterocycles. The number of hydrogen-bond acceptors (Lipinski definition) is 3. The number of carboxylic acid groups (broad SMARTS) is 1. The topological polar surface area (TPSA) is 69.6 Å². The molecule has 1 aromatic rings. The van der Waals surface area contributed by atoms with Crippen molar-refractivity contribution in [2.24, 2.45) is 5.92 Å². The molecule has 2 rings (SSSR count). The summed E-state index contributed by atoms with van der Waals surface area (Å²) >= 11 is 1.74. The number of piperidine rings is 1. The summed E-state index contributed by atoms with van der Waals surface area (Å²) in [6.07, 6.45) is 2.21. The molecule has 2 N–H and O–H groups in total. The van der Waals surface area contributed by atoms with Crippen LogP contribution >= 0.6 is 11.3 Å². The zero-order chi connectivity index (χ0) is 15.4. The van der Waals surface area contributed by atoms with Gasteiger partial charge in [-0.2, -0.15) is 0 Å². The zero-order valence-corrected chi connectivity index (χ0v) is 13.3. The Morgan fingerprint density at radius 3 is 2.90 bits per heavy atom. The summed E-state index contributed by atoms with van der Waals surface area (Å²) in [4.78, 5) is 27.4. The fourth-order valence-electron chi connectivity index (χ4n) is 2.61. The molecule has 1 unspecified atom stereocenters. The molecule has 2 heterocycles. The second kappa shape index (κ2) is 6.93. The van der Waals surface area contributed by atoms with Crippen molar-refractivity contribution in [3.63, 3.8) is 0 Å². The molecule has 1 aromatic heterocycles. The maximum Gasteiger partial charge on any atom is 0.317 e. The van der Waals surface area contributed by atoms with Gasteiger partial charge in [-0.25, -0.2) is 4.79 Å². The molecule has 21 heavy (non-hydrogen) atoms. The highest BCUT2D eigenvalue weighted by Crippen LogP contribution is 2.18. The highest BCUT2D eigenvalue weighted by Gasteiger charge is 2.28. The van der Waals surface area contributed by atoms with E-state index in [4.69, 9.17) is 5.11 Å². The molecule has 1 saturated heterocycles. The molecular weight excluding hydrogens is 288 g/mol. The Bertz CT molecular complexity index is 515. The second-order valence-electron chi connectivity index (χ2n) is 5.69. The van der Waals surface area contributed by atoms with Crippen LogP contribution in [0.3, 0.4) is 0 Å². The van der Waals surface area contributed by atoms with E-state index in [0.29, 0.717) is 19.5 Å². The van der Waals surface area contributed by atoms with Crippen molar-refractivity contribution in [3.05, 3.63) is 21.9 Å². The number of aliphatic carboxylic acids is 1. The number of rotatable bonds is 4. The molecule has 5 nitrogen and oxygen atoms in total. The van der Waals surface area contributed by atoms with Crippen LogP contribution in [0.4, 0.5) is 4.79 Å². The minimum Gasteiger partial charge on any atom is -0.481 e. The lowest BCUT2D eigenvalue weighted by Crippen LogP contribution is -2.49. The summed E-state index contributed by atoms with van der Waals surface area (Å²) in [5.74, 6) is -1.24. The molecule has 0 aromatic carbocycles. The van der Waals surface area contributed by atoms with Gasteiger partial charge in [-0.3, -0.25) is 4.79 Å². The van der Waals surface area contributed by atoms with Crippen molar-refractivity contribution in [3.8, 4) is 0 Å². The van der Waals surface area contributed by atoms with E-state index in [1.807, 2.05) is 6.92 Å². The number of urea groups is 1. The molecule has 1 aliphatic rings. The Morgan fingerprint density at radius 1 is 1.52 bits per heavy atom. The van der Waals surface area contributed by atoms with E-state index in [-0.39, 0.29) is 12.1 Å². The zero-order valence-electron chi connectivity index (χ0n) is 12.5. The molecule has 116 valence electrons. The number of aryl methyl sites for hydroxylation is 1. The predicted octanol–water partition coefficient (Wildman–Crippen LogP) is 2.49. The van der Waals surface area contributed by atoms with Gasteiger partial charge in [-0.15, -0.1) is 11.3 Å². The first-order valence-electron chi connectivity index (χ1n) is 7.29. The van der Waals surface area contributed by atoms with Gasteiger partial charge < -0.3 is 15.3 Å². The van der Waals surface area contributed by atoms with Gasteiger partial charge in [0, 0.05) is 35.3 Å². The van der Waals surface area contributed by atoms with E-state index >= 15 is 0 Å². The fraction of sp³-hybridized carbons (Fsp3) is 0.600. The highest BCUT2D eigenvalue weighted by molar-refractivity contribution is 7.11. The van der Waals surface area contributed by atoms with Gasteiger partial charge >= 0.3 is 12.0 Å². The Balaban J connectivity index is 1.84. The van der Waals surface area contributed by atoms with Crippen molar-refractivity contribution in [2.45, 2.75) is 39.2 Å². The molecule has 6 heteroatoms. The Morgan fingerprint density at radius 2 is 2.29 bits per heavy atom. The van der Waals surface area contributed by atoms with Gasteiger partial charge in [0.15, 0.2) is 0 Å². The first-order chi connectivity index (χ1) is 9.95. The Hall–Kier alpha value is -1.56. The van der Waals surface area contributed by atoms with Gasteiger partial charge in [0.2, 0.25) is 0 Å². The van der Waals surface area contributed by atoms with Crippen LogP contribution in [0.2, 0.25) is 0 Å². The van der Waals surface area contributed by atoms with E-state index in [2.05, 4.69) is 24.4 Å². The minimum absolute atomic E-state index is 0.0424. The number of thiophene rings is 1. The fourth-order valence-corrected chi connectivity index (χ4v) is 3.63. The summed E-state index contributed by atoms with van der Waals surface area (Å²) in [6, 6.07) is 4.06. The van der Waals surface area contributed by atoms with Gasteiger partial charge in [0.05, 0.1) is 5.92 Å². The quantitative estimate of drug-likeness (QED) is 0.897. The number of carboxylic acids is 1. The van der Waals surface area contributed by atoms with Crippen molar-refractivity contribution in [2.75, 3.05) is 13.1 Å². The van der Waals surface area contributed by atoms with Crippen LogP contribution in [-0.2, 0) is 11.2 Å². The van der Waals surface area contributed by atoms with Crippen LogP contribution in [-0.4, -0.2) is 41.1 Å². The number of hydrogen-bond donors (Lipinski definition) is 2. The standard InChI is InChI=1S/C15H22N2O3S/c1-10(8-13-6-5-11(2)21-13)16-15(20)17-7-3-4-12(9-17)14(18)19/h5-6,10,12H,3-4,7-9H2,1-2H3,(H,16,20)(H,18,19)/t10?,12-/m0/s1. The van der Waals surface area contributed by atoms with E-state index in [1.54, 1.807) is 16.2 Å². The minimum atomic E-state index is -0.811. The van der Waals surface area contributed by atoms with Crippen molar-refractivity contribution < 1.29 is 14.7 Å². The molecule has 0 saturated carbocycles. The molecular formula is C15H22N2O3S. The summed E-state index contributed by atoms with van der Waals surface area (Å²) < 4.78 is 0. The number of nitrogens with one attached hydrogen (secondary N) is 1. The first kappa shape index (κ1) is 15.8. The summed E-state index contributed by atoms with van der Waals surface area (Å²) in [5, 5.41) is 12.0. The van der Waals surface area contributed by atoms with Crippen molar-refractivity contribution in [1.82, 2.24) is 10.2 Å². The third-order valence-corrected chi connectivity index (χ3v) is 4.75. The number of carbonyl (C=O) groups is 2. The SMILES string of the molecule is Cc1ccc(CC(C)NC(=O)N2CCC[C@H](C(=O)O)C2)s1. The Kier molecular flexibility index (Phi) is 5.22. The molecule has 0 bridgehead atoms. The van der Waals surface area contributed by atoms with Gasteiger partial charge in [-0.1, -0.05) is 0 Å². The highest BCUT2D eigenvalue weighted by atomic mass is 32.1. The second-order valence-corrected chi connectivity index (χ2v) is 7.06. The van der Waals surface area contributed by atoms with Crippen LogP contribution < -0.4 is 5.32 Å². The summed E-state index contributed by atoms with van der Waals surface area (Å²) in [7, 11) is 0. The Labute approximate surface area is 129 Å². The normalized spacial score (nSPS) is 20.1. The van der Waals surface area contributed by atoms with E-state index in [1.165, 1.54) is 9.75 Å². The molecule has 0 spiro atoms. The van der Waals surface area contributed by atoms with Gasteiger partial charge in [0.25, 0.3) is 0 Å².